The zero-order chi connectivity index (χ0) is 13.5. The molecule has 2 rings (SSSR count). The molecule has 0 aliphatic carbocycles. The summed E-state index contributed by atoms with van der Waals surface area (Å²) in [6.07, 6.45) is -4.86. The highest BCUT2D eigenvalue weighted by Crippen LogP contribution is 2.36. The molecule has 0 saturated carbocycles. The van der Waals surface area contributed by atoms with E-state index in [4.69, 9.17) is 9.52 Å². The van der Waals surface area contributed by atoms with Gasteiger partial charge in [-0.25, -0.2) is 9.78 Å². The van der Waals surface area contributed by atoms with Gasteiger partial charge in [-0.15, -0.1) is 11.3 Å². The van der Waals surface area contributed by atoms with E-state index in [0.717, 1.165) is 11.3 Å². The molecule has 0 fully saturated rings. The van der Waals surface area contributed by atoms with Crippen LogP contribution in [0.1, 0.15) is 21.8 Å². The van der Waals surface area contributed by atoms with Gasteiger partial charge in [0.15, 0.2) is 5.69 Å². The predicted octanol–water partition coefficient (Wildman–Crippen LogP) is 3.43. The number of carboxylic acid groups (broad SMARTS) is 1. The van der Waals surface area contributed by atoms with E-state index in [2.05, 4.69) is 4.98 Å². The van der Waals surface area contributed by atoms with Crippen molar-refractivity contribution in [2.24, 2.45) is 0 Å². The van der Waals surface area contributed by atoms with Crippen molar-refractivity contribution in [3.63, 3.8) is 0 Å². The van der Waals surface area contributed by atoms with E-state index in [1.165, 1.54) is 0 Å². The lowest BCUT2D eigenvalue weighted by molar-refractivity contribution is -0.141. The SMILES string of the molecule is Cc1ccsc1-c1nc(C(F)(F)F)c(C(=O)O)o1. The Kier molecular flexibility index (Phi) is 2.89. The number of carboxylic acids is 1. The predicted molar refractivity (Wildman–Crippen MR) is 56.5 cm³/mol. The molecule has 0 aromatic carbocycles. The van der Waals surface area contributed by atoms with E-state index in [9.17, 15) is 18.0 Å². The largest absolute Gasteiger partial charge is 0.475 e. The number of aromatic carboxylic acids is 1. The maximum Gasteiger partial charge on any atom is 0.437 e. The topological polar surface area (TPSA) is 63.3 Å². The highest BCUT2D eigenvalue weighted by molar-refractivity contribution is 7.13. The molecule has 1 N–H and O–H groups in total. The average Bonchev–Trinajstić information content (AvgIpc) is 2.81. The van der Waals surface area contributed by atoms with Crippen LogP contribution < -0.4 is 0 Å². The molecule has 2 aromatic heterocycles. The van der Waals surface area contributed by atoms with Crippen molar-refractivity contribution in [1.82, 2.24) is 4.98 Å². The van der Waals surface area contributed by atoms with Crippen LogP contribution in [0, 0.1) is 6.92 Å². The fourth-order valence-electron chi connectivity index (χ4n) is 1.35. The Hall–Kier alpha value is -1.83. The molecule has 4 nitrogen and oxygen atoms in total. The van der Waals surface area contributed by atoms with E-state index in [1.807, 2.05) is 0 Å². The van der Waals surface area contributed by atoms with Gasteiger partial charge in [-0.05, 0) is 23.9 Å². The first-order valence-corrected chi connectivity index (χ1v) is 5.54. The van der Waals surface area contributed by atoms with Crippen LogP contribution in [0.2, 0.25) is 0 Å². The summed E-state index contributed by atoms with van der Waals surface area (Å²) in [7, 11) is 0. The number of aromatic nitrogens is 1. The molecule has 0 unspecified atom stereocenters. The molecule has 0 bridgehead atoms. The van der Waals surface area contributed by atoms with Crippen LogP contribution in [0.4, 0.5) is 13.2 Å². The van der Waals surface area contributed by atoms with Crippen molar-refractivity contribution in [2.75, 3.05) is 0 Å². The molecule has 2 aromatic rings. The number of hydrogen-bond acceptors (Lipinski definition) is 4. The molecule has 2 heterocycles. The summed E-state index contributed by atoms with van der Waals surface area (Å²) in [5.74, 6) is -3.31. The standard InChI is InChI=1S/C10H6F3NO3S/c1-4-2-3-18-6(4)8-14-7(10(11,12)13)5(17-8)9(15)16/h2-3H,1H3,(H,15,16). The molecule has 0 aliphatic heterocycles. The molecule has 0 aliphatic rings. The van der Waals surface area contributed by atoms with Gasteiger partial charge in [-0.3, -0.25) is 0 Å². The zero-order valence-electron chi connectivity index (χ0n) is 8.91. The van der Waals surface area contributed by atoms with Gasteiger partial charge in [0.1, 0.15) is 0 Å². The number of halogens is 3. The summed E-state index contributed by atoms with van der Waals surface area (Å²) in [4.78, 5) is 14.3. The Morgan fingerprint density at radius 3 is 2.56 bits per heavy atom. The van der Waals surface area contributed by atoms with Crippen LogP contribution in [0.3, 0.4) is 0 Å². The number of thiophene rings is 1. The van der Waals surface area contributed by atoms with Gasteiger partial charge < -0.3 is 9.52 Å². The van der Waals surface area contributed by atoms with E-state index in [0.29, 0.717) is 10.4 Å². The quantitative estimate of drug-likeness (QED) is 0.913. The third-order valence-electron chi connectivity index (χ3n) is 2.15. The number of rotatable bonds is 2. The number of hydrogen-bond donors (Lipinski definition) is 1. The van der Waals surface area contributed by atoms with Crippen molar-refractivity contribution >= 4 is 17.3 Å². The Bertz CT molecular complexity index is 600. The maximum atomic E-state index is 12.6. The van der Waals surface area contributed by atoms with Gasteiger partial charge in [0.2, 0.25) is 11.7 Å². The first-order valence-electron chi connectivity index (χ1n) is 4.66. The number of oxazole rings is 1. The van der Waals surface area contributed by atoms with E-state index in [1.54, 1.807) is 18.4 Å². The van der Waals surface area contributed by atoms with Gasteiger partial charge in [0.05, 0.1) is 4.88 Å². The minimum atomic E-state index is -4.86. The average molecular weight is 277 g/mol. The van der Waals surface area contributed by atoms with Gasteiger partial charge in [0.25, 0.3) is 0 Å². The second-order valence-electron chi connectivity index (χ2n) is 3.43. The van der Waals surface area contributed by atoms with Crippen LogP contribution in [0.15, 0.2) is 15.9 Å². The molecule has 96 valence electrons. The minimum absolute atomic E-state index is 0.327. The molecular weight excluding hydrogens is 271 g/mol. The van der Waals surface area contributed by atoms with Crippen molar-refractivity contribution in [2.45, 2.75) is 13.1 Å². The molecule has 8 heteroatoms. The summed E-state index contributed by atoms with van der Waals surface area (Å²) in [5, 5.41) is 10.3. The Morgan fingerprint density at radius 2 is 2.17 bits per heavy atom. The molecule has 0 radical (unpaired) electrons. The first kappa shape index (κ1) is 12.6. The highest BCUT2D eigenvalue weighted by atomic mass is 32.1. The van der Waals surface area contributed by atoms with Crippen LogP contribution in [0.5, 0.6) is 0 Å². The van der Waals surface area contributed by atoms with Crippen LogP contribution in [-0.4, -0.2) is 16.1 Å². The monoisotopic (exact) mass is 277 g/mol. The molecule has 0 saturated heterocycles. The van der Waals surface area contributed by atoms with Crippen molar-refractivity contribution in [3.8, 4) is 10.8 Å². The number of alkyl halides is 3. The summed E-state index contributed by atoms with van der Waals surface area (Å²) in [6, 6.07) is 1.68. The summed E-state index contributed by atoms with van der Waals surface area (Å²) in [6.45, 7) is 1.67. The van der Waals surface area contributed by atoms with Crippen LogP contribution in [0.25, 0.3) is 10.8 Å². The van der Waals surface area contributed by atoms with Crippen molar-refractivity contribution in [1.29, 1.82) is 0 Å². The van der Waals surface area contributed by atoms with Gasteiger partial charge in [0, 0.05) is 0 Å². The first-order chi connectivity index (χ1) is 8.30. The fourth-order valence-corrected chi connectivity index (χ4v) is 2.20. The highest BCUT2D eigenvalue weighted by Gasteiger charge is 2.41. The zero-order valence-corrected chi connectivity index (χ0v) is 9.72. The lowest BCUT2D eigenvalue weighted by Gasteiger charge is -2.00. The van der Waals surface area contributed by atoms with Gasteiger partial charge in [-0.2, -0.15) is 13.2 Å². The molecular formula is C10H6F3NO3S. The second kappa shape index (κ2) is 4.13. The summed E-state index contributed by atoms with van der Waals surface area (Å²) < 4.78 is 42.5. The Balaban J connectivity index is 2.60. The van der Waals surface area contributed by atoms with E-state index in [-0.39, 0.29) is 5.89 Å². The van der Waals surface area contributed by atoms with E-state index < -0.39 is 23.6 Å². The van der Waals surface area contributed by atoms with Gasteiger partial charge in [-0.1, -0.05) is 0 Å². The summed E-state index contributed by atoms with van der Waals surface area (Å²) >= 11 is 1.13. The maximum absolute atomic E-state index is 12.6. The molecule has 0 spiro atoms. The molecule has 0 amide bonds. The Labute approximate surface area is 103 Å². The molecule has 18 heavy (non-hydrogen) atoms. The number of aryl methyl sites for hydroxylation is 1. The normalized spacial score (nSPS) is 11.8. The minimum Gasteiger partial charge on any atom is -0.475 e. The van der Waals surface area contributed by atoms with Gasteiger partial charge >= 0.3 is 12.1 Å². The number of nitrogens with zero attached hydrogens (tertiary/aromatic N) is 1. The second-order valence-corrected chi connectivity index (χ2v) is 4.35. The summed E-state index contributed by atoms with van der Waals surface area (Å²) in [5.41, 5.74) is -0.843. The molecule has 0 atom stereocenters. The lowest BCUT2D eigenvalue weighted by atomic mass is 10.3. The lowest BCUT2D eigenvalue weighted by Crippen LogP contribution is -2.11. The van der Waals surface area contributed by atoms with Crippen LogP contribution in [-0.2, 0) is 6.18 Å². The smallest absolute Gasteiger partial charge is 0.437 e. The van der Waals surface area contributed by atoms with Crippen molar-refractivity contribution in [3.05, 3.63) is 28.5 Å². The van der Waals surface area contributed by atoms with Crippen LogP contribution >= 0.6 is 11.3 Å². The fraction of sp³-hybridized carbons (Fsp3) is 0.200. The third-order valence-corrected chi connectivity index (χ3v) is 3.15. The van der Waals surface area contributed by atoms with E-state index >= 15 is 0 Å². The Morgan fingerprint density at radius 1 is 1.50 bits per heavy atom. The third kappa shape index (κ3) is 2.10. The number of carbonyl (C=O) groups is 1. The van der Waals surface area contributed by atoms with Crippen molar-refractivity contribution < 1.29 is 27.5 Å².